The molecule has 0 amide bonds. The molecule has 4 aromatic rings. The second-order valence-electron chi connectivity index (χ2n) is 8.65. The fraction of sp³-hybridized carbons (Fsp3) is 0.0435. The van der Waals surface area contributed by atoms with Crippen LogP contribution in [0.1, 0.15) is 0 Å². The molecule has 0 radical (unpaired) electrons. The van der Waals surface area contributed by atoms with Crippen molar-refractivity contribution in [3.8, 4) is 5.75 Å². The van der Waals surface area contributed by atoms with E-state index in [-0.39, 0.29) is 33.5 Å². The number of benzene rings is 4. The van der Waals surface area contributed by atoms with E-state index in [0.717, 1.165) is 30.3 Å². The number of rotatable bonds is 9. The van der Waals surface area contributed by atoms with E-state index in [1.165, 1.54) is 31.3 Å². The van der Waals surface area contributed by atoms with Crippen LogP contribution in [-0.4, -0.2) is 56.0 Å². The topological polar surface area (TPSA) is 288 Å². The Labute approximate surface area is 247 Å². The molecule has 0 heterocycles. The number of nitrogens with one attached hydrogen (secondary N) is 1. The van der Waals surface area contributed by atoms with Crippen molar-refractivity contribution in [1.82, 2.24) is 0 Å². The first-order valence-corrected chi connectivity index (χ1v) is 15.9. The third kappa shape index (κ3) is 6.82. The fourth-order valence-corrected chi connectivity index (χ4v) is 5.74. The Morgan fingerprint density at radius 1 is 0.773 bits per heavy atom. The molecule has 0 aromatic heterocycles. The van der Waals surface area contributed by atoms with E-state index in [2.05, 4.69) is 25.8 Å². The lowest BCUT2D eigenvalue weighted by atomic mass is 10.1. The van der Waals surface area contributed by atoms with Crippen LogP contribution in [0.25, 0.3) is 10.8 Å². The molecule has 44 heavy (non-hydrogen) atoms. The summed E-state index contributed by atoms with van der Waals surface area (Å²) in [5, 5.41) is 39.0. The molecule has 4 rings (SSSR count). The minimum atomic E-state index is -5.09. The number of nitrogens with zero attached hydrogens (tertiary/aromatic N) is 5. The van der Waals surface area contributed by atoms with Crippen molar-refractivity contribution in [2.24, 2.45) is 20.5 Å². The van der Waals surface area contributed by atoms with Gasteiger partial charge in [0.05, 0.1) is 32.3 Å². The van der Waals surface area contributed by atoms with Crippen LogP contribution in [0.3, 0.4) is 0 Å². The number of aromatic hydroxyl groups is 1. The molecule has 0 saturated carbocycles. The molecular weight excluding hydrogens is 648 g/mol. The Morgan fingerprint density at radius 3 is 1.95 bits per heavy atom. The van der Waals surface area contributed by atoms with E-state index in [9.17, 15) is 54.1 Å². The van der Waals surface area contributed by atoms with E-state index in [4.69, 9.17) is 0 Å². The Hall–Kier alpha value is -4.93. The number of hydrogen-bond donors (Lipinski definition) is 5. The second-order valence-corrected chi connectivity index (χ2v) is 12.8. The van der Waals surface area contributed by atoms with Crippen LogP contribution < -0.4 is 5.32 Å². The van der Waals surface area contributed by atoms with Crippen molar-refractivity contribution in [1.29, 1.82) is 0 Å². The number of phenols is 1. The summed E-state index contributed by atoms with van der Waals surface area (Å²) in [5.41, 5.74) is -1.55. The highest BCUT2D eigenvalue weighted by molar-refractivity contribution is 7.86. The highest BCUT2D eigenvalue weighted by Crippen LogP contribution is 2.46. The van der Waals surface area contributed by atoms with Crippen LogP contribution in [0.4, 0.5) is 34.1 Å². The number of phenolic OH excluding ortho intramolecular Hbond substituents is 1. The van der Waals surface area contributed by atoms with Gasteiger partial charge in [0.25, 0.3) is 36.0 Å². The average molecular weight is 667 g/mol. The van der Waals surface area contributed by atoms with Gasteiger partial charge >= 0.3 is 0 Å². The zero-order valence-electron chi connectivity index (χ0n) is 21.8. The number of azo groups is 2. The molecule has 0 bridgehead atoms. The summed E-state index contributed by atoms with van der Waals surface area (Å²) < 4.78 is 100.0. The molecule has 21 heteroatoms. The lowest BCUT2D eigenvalue weighted by molar-refractivity contribution is -0.385. The summed E-state index contributed by atoms with van der Waals surface area (Å²) in [6.45, 7) is 0. The standard InChI is InChI=1S/C23H18N6O12S3/c1-24-27-18-11-16(42(33,34)35)8-12-9-20(44(39,40)41)22(23(30)21(12)18)28-26-14-4-2-13(3-5-14)25-17-7-6-15(29(31)32)10-19(17)43(36,37)38/h2-11,25,30H,1H3,(H,33,34,35)(H,36,37,38)(H,39,40,41). The van der Waals surface area contributed by atoms with Gasteiger partial charge < -0.3 is 10.4 Å². The minimum absolute atomic E-state index is 0.0465. The van der Waals surface area contributed by atoms with Gasteiger partial charge in [-0.3, -0.25) is 23.8 Å². The summed E-state index contributed by atoms with van der Waals surface area (Å²) in [5.74, 6) is -0.877. The lowest BCUT2D eigenvalue weighted by Gasteiger charge is -2.12. The maximum atomic E-state index is 12.2. The summed E-state index contributed by atoms with van der Waals surface area (Å²) in [4.78, 5) is 7.73. The van der Waals surface area contributed by atoms with Gasteiger partial charge in [0.15, 0.2) is 5.75 Å². The zero-order valence-corrected chi connectivity index (χ0v) is 24.2. The third-order valence-electron chi connectivity index (χ3n) is 5.75. The predicted molar refractivity (Wildman–Crippen MR) is 152 cm³/mol. The molecule has 230 valence electrons. The normalized spacial score (nSPS) is 12.7. The Balaban J connectivity index is 1.77. The largest absolute Gasteiger partial charge is 0.505 e. The molecule has 5 N–H and O–H groups in total. The number of nitro groups is 1. The van der Waals surface area contributed by atoms with Crippen molar-refractivity contribution in [3.63, 3.8) is 0 Å². The lowest BCUT2D eigenvalue weighted by Crippen LogP contribution is -2.04. The molecule has 0 aliphatic carbocycles. The van der Waals surface area contributed by atoms with Crippen molar-refractivity contribution in [2.45, 2.75) is 14.7 Å². The minimum Gasteiger partial charge on any atom is -0.505 e. The van der Waals surface area contributed by atoms with Crippen molar-refractivity contribution in [2.75, 3.05) is 12.4 Å². The number of non-ortho nitro benzene ring substituents is 1. The third-order valence-corrected chi connectivity index (χ3v) is 8.34. The first kappa shape index (κ1) is 32.0. The Morgan fingerprint density at radius 2 is 1.41 bits per heavy atom. The predicted octanol–water partition coefficient (Wildman–Crippen LogP) is 5.07. The molecular formula is C23H18N6O12S3. The molecule has 0 spiro atoms. The maximum absolute atomic E-state index is 12.2. The van der Waals surface area contributed by atoms with Crippen LogP contribution in [0, 0.1) is 10.1 Å². The van der Waals surface area contributed by atoms with Gasteiger partial charge in [-0.1, -0.05) is 0 Å². The summed E-state index contributed by atoms with van der Waals surface area (Å²) in [7, 11) is -13.5. The number of fused-ring (bicyclic) bond motifs is 1. The summed E-state index contributed by atoms with van der Waals surface area (Å²) in [6, 6.07) is 10.6. The van der Waals surface area contributed by atoms with Gasteiger partial charge in [-0.2, -0.15) is 40.6 Å². The first-order chi connectivity index (χ1) is 20.4. The van der Waals surface area contributed by atoms with Gasteiger partial charge in [-0.15, -0.1) is 5.11 Å². The number of hydrogen-bond acceptors (Lipinski definition) is 14. The summed E-state index contributed by atoms with van der Waals surface area (Å²) in [6.07, 6.45) is 0. The molecule has 0 aliphatic rings. The van der Waals surface area contributed by atoms with Crippen LogP contribution in [0.15, 0.2) is 95.8 Å². The summed E-state index contributed by atoms with van der Waals surface area (Å²) >= 11 is 0. The van der Waals surface area contributed by atoms with Gasteiger partial charge in [0.2, 0.25) is 0 Å². The van der Waals surface area contributed by atoms with Crippen molar-refractivity contribution < 1.29 is 48.9 Å². The number of nitro benzene ring substituents is 1. The molecule has 0 atom stereocenters. The van der Waals surface area contributed by atoms with Gasteiger partial charge in [-0.05, 0) is 53.9 Å². The van der Waals surface area contributed by atoms with Crippen LogP contribution in [0.2, 0.25) is 0 Å². The molecule has 0 saturated heterocycles. The molecule has 18 nitrogen and oxygen atoms in total. The smallest absolute Gasteiger partial charge is 0.296 e. The molecule has 0 unspecified atom stereocenters. The van der Waals surface area contributed by atoms with E-state index in [1.807, 2.05) is 0 Å². The van der Waals surface area contributed by atoms with E-state index in [1.54, 1.807) is 0 Å². The zero-order chi connectivity index (χ0) is 32.6. The monoisotopic (exact) mass is 666 g/mol. The highest BCUT2D eigenvalue weighted by Gasteiger charge is 2.26. The van der Waals surface area contributed by atoms with Crippen molar-refractivity contribution >= 4 is 75.3 Å². The molecule has 4 aromatic carbocycles. The van der Waals surface area contributed by atoms with Gasteiger partial charge in [0.1, 0.15) is 15.5 Å². The average Bonchev–Trinajstić information content (AvgIpc) is 2.91. The van der Waals surface area contributed by atoms with E-state index in [0.29, 0.717) is 6.07 Å². The highest BCUT2D eigenvalue weighted by atomic mass is 32.2. The van der Waals surface area contributed by atoms with Crippen LogP contribution in [0.5, 0.6) is 5.75 Å². The Bertz CT molecular complexity index is 2220. The fourth-order valence-electron chi connectivity index (χ4n) is 3.88. The van der Waals surface area contributed by atoms with Crippen LogP contribution in [-0.2, 0) is 30.4 Å². The number of anilines is 2. The van der Waals surface area contributed by atoms with Crippen molar-refractivity contribution in [3.05, 3.63) is 70.8 Å². The van der Waals surface area contributed by atoms with Gasteiger partial charge in [-0.25, -0.2) is 0 Å². The Kier molecular flexibility index (Phi) is 8.46. The first-order valence-electron chi connectivity index (χ1n) is 11.5. The molecule has 0 fully saturated rings. The van der Waals surface area contributed by atoms with E-state index < -0.39 is 67.1 Å². The van der Waals surface area contributed by atoms with Gasteiger partial charge in [0, 0.05) is 24.9 Å². The van der Waals surface area contributed by atoms with Crippen LogP contribution >= 0.6 is 0 Å². The maximum Gasteiger partial charge on any atom is 0.296 e. The SMILES string of the molecule is CN=Nc1cc(S(=O)(=O)O)cc2cc(S(=O)(=O)O)c(N=Nc3ccc(Nc4ccc([N+](=O)[O-])cc4S(=O)(=O)O)cc3)c(O)c12. The second kappa shape index (κ2) is 11.6. The van der Waals surface area contributed by atoms with E-state index >= 15 is 0 Å². The molecule has 0 aliphatic heterocycles. The quantitative estimate of drug-likeness (QED) is 0.0676.